The Morgan fingerprint density at radius 1 is 1.31 bits per heavy atom. The highest BCUT2D eigenvalue weighted by molar-refractivity contribution is 7.91. The molecule has 1 aromatic carbocycles. The maximum absolute atomic E-state index is 11.7. The number of nitrogens with zero attached hydrogens (tertiary/aromatic N) is 2. The minimum Gasteiger partial charge on any atom is -0.236 e. The molecule has 0 aliphatic heterocycles. The van der Waals surface area contributed by atoms with Crippen LogP contribution in [0.2, 0.25) is 5.15 Å². The molecular formula is C10H9ClN2O2S. The van der Waals surface area contributed by atoms with E-state index in [2.05, 4.69) is 9.97 Å². The van der Waals surface area contributed by atoms with Crippen molar-refractivity contribution in [1.82, 2.24) is 9.97 Å². The van der Waals surface area contributed by atoms with Crippen LogP contribution in [-0.4, -0.2) is 24.1 Å². The van der Waals surface area contributed by atoms with Gasteiger partial charge in [0.25, 0.3) is 0 Å². The number of fused-ring (bicyclic) bond motifs is 1. The fourth-order valence-electron chi connectivity index (χ4n) is 1.36. The van der Waals surface area contributed by atoms with Gasteiger partial charge in [0.05, 0.1) is 16.2 Å². The number of hydrogen-bond donors (Lipinski definition) is 0. The summed E-state index contributed by atoms with van der Waals surface area (Å²) in [5, 5.41) is 0.817. The molecule has 0 atom stereocenters. The van der Waals surface area contributed by atoms with Crippen molar-refractivity contribution in [3.63, 3.8) is 0 Å². The highest BCUT2D eigenvalue weighted by Crippen LogP contribution is 2.23. The zero-order chi connectivity index (χ0) is 11.8. The molecule has 4 nitrogen and oxygen atoms in total. The smallest absolute Gasteiger partial charge is 0.178 e. The Labute approximate surface area is 98.2 Å². The molecule has 0 amide bonds. The first-order valence-corrected chi connectivity index (χ1v) is 6.70. The lowest BCUT2D eigenvalue weighted by Crippen LogP contribution is -2.03. The van der Waals surface area contributed by atoms with E-state index in [1.807, 2.05) is 0 Å². The molecule has 0 bridgehead atoms. The lowest BCUT2D eigenvalue weighted by atomic mass is 10.2. The van der Waals surface area contributed by atoms with Gasteiger partial charge in [0.2, 0.25) is 0 Å². The SMILES string of the molecule is CCS(=O)(=O)c1ccc2ncnc(Cl)c2c1. The Morgan fingerprint density at radius 2 is 2.06 bits per heavy atom. The van der Waals surface area contributed by atoms with Crippen LogP contribution in [0, 0.1) is 0 Å². The average molecular weight is 257 g/mol. The summed E-state index contributed by atoms with van der Waals surface area (Å²) in [7, 11) is -3.22. The third kappa shape index (κ3) is 1.88. The summed E-state index contributed by atoms with van der Waals surface area (Å²) in [5.41, 5.74) is 0.634. The van der Waals surface area contributed by atoms with Gasteiger partial charge in [-0.05, 0) is 18.2 Å². The Morgan fingerprint density at radius 3 is 2.75 bits per heavy atom. The predicted octanol–water partition coefficient (Wildman–Crippen LogP) is 2.08. The predicted molar refractivity (Wildman–Crippen MR) is 62.3 cm³/mol. The van der Waals surface area contributed by atoms with Crippen molar-refractivity contribution in [2.24, 2.45) is 0 Å². The summed E-state index contributed by atoms with van der Waals surface area (Å²) in [6, 6.07) is 4.67. The number of benzene rings is 1. The van der Waals surface area contributed by atoms with Gasteiger partial charge in [0, 0.05) is 5.39 Å². The number of sulfone groups is 1. The lowest BCUT2D eigenvalue weighted by Gasteiger charge is -2.03. The molecule has 6 heteroatoms. The van der Waals surface area contributed by atoms with Crippen LogP contribution >= 0.6 is 11.6 Å². The van der Waals surface area contributed by atoms with Gasteiger partial charge in [-0.25, -0.2) is 18.4 Å². The minimum absolute atomic E-state index is 0.0593. The first-order valence-electron chi connectivity index (χ1n) is 4.67. The molecule has 1 aromatic heterocycles. The van der Waals surface area contributed by atoms with Crippen molar-refractivity contribution in [3.05, 3.63) is 29.7 Å². The van der Waals surface area contributed by atoms with Gasteiger partial charge in [-0.1, -0.05) is 18.5 Å². The number of aromatic nitrogens is 2. The second-order valence-corrected chi connectivity index (χ2v) is 5.88. The van der Waals surface area contributed by atoms with Crippen molar-refractivity contribution < 1.29 is 8.42 Å². The van der Waals surface area contributed by atoms with E-state index in [0.29, 0.717) is 10.9 Å². The standard InChI is InChI=1S/C10H9ClN2O2S/c1-2-16(14,15)7-3-4-9-8(5-7)10(11)13-6-12-9/h3-6H,2H2,1H3. The van der Waals surface area contributed by atoms with Gasteiger partial charge >= 0.3 is 0 Å². The molecule has 0 fully saturated rings. The zero-order valence-corrected chi connectivity index (χ0v) is 10.1. The number of halogens is 1. The molecule has 2 aromatic rings. The van der Waals surface area contributed by atoms with Gasteiger partial charge in [-0.15, -0.1) is 0 Å². The summed E-state index contributed by atoms with van der Waals surface area (Å²) in [6.45, 7) is 1.60. The van der Waals surface area contributed by atoms with Gasteiger partial charge in [0.15, 0.2) is 9.84 Å². The fourth-order valence-corrected chi connectivity index (χ4v) is 2.47. The van der Waals surface area contributed by atoms with E-state index in [4.69, 9.17) is 11.6 Å². The van der Waals surface area contributed by atoms with Crippen molar-refractivity contribution >= 4 is 32.3 Å². The molecular weight excluding hydrogens is 248 g/mol. The largest absolute Gasteiger partial charge is 0.236 e. The molecule has 2 rings (SSSR count). The highest BCUT2D eigenvalue weighted by Gasteiger charge is 2.13. The molecule has 0 spiro atoms. The first-order chi connectivity index (χ1) is 7.54. The van der Waals surface area contributed by atoms with Crippen LogP contribution in [0.5, 0.6) is 0 Å². The second kappa shape index (κ2) is 3.99. The molecule has 0 radical (unpaired) electrons. The van der Waals surface area contributed by atoms with E-state index < -0.39 is 9.84 Å². The molecule has 0 saturated heterocycles. The first kappa shape index (κ1) is 11.3. The van der Waals surface area contributed by atoms with Crippen molar-refractivity contribution in [2.75, 3.05) is 5.75 Å². The van der Waals surface area contributed by atoms with Crippen molar-refractivity contribution in [1.29, 1.82) is 0 Å². The van der Waals surface area contributed by atoms with Crippen molar-refractivity contribution in [3.8, 4) is 0 Å². The molecule has 84 valence electrons. The maximum Gasteiger partial charge on any atom is 0.178 e. The van der Waals surface area contributed by atoms with Crippen LogP contribution in [0.1, 0.15) is 6.92 Å². The second-order valence-electron chi connectivity index (χ2n) is 3.25. The summed E-state index contributed by atoms with van der Waals surface area (Å²) in [4.78, 5) is 8.07. The summed E-state index contributed by atoms with van der Waals surface area (Å²) in [6.07, 6.45) is 1.35. The molecule has 0 aliphatic carbocycles. The van der Waals surface area contributed by atoms with Gasteiger partial charge in [-0.3, -0.25) is 0 Å². The van der Waals surface area contributed by atoms with E-state index in [1.54, 1.807) is 13.0 Å². The van der Waals surface area contributed by atoms with E-state index in [1.165, 1.54) is 18.5 Å². The minimum atomic E-state index is -3.22. The zero-order valence-electron chi connectivity index (χ0n) is 8.51. The van der Waals surface area contributed by atoms with Crippen LogP contribution in [-0.2, 0) is 9.84 Å². The van der Waals surface area contributed by atoms with E-state index in [-0.39, 0.29) is 15.8 Å². The Kier molecular flexibility index (Phi) is 2.82. The Balaban J connectivity index is 2.74. The van der Waals surface area contributed by atoms with Crippen molar-refractivity contribution in [2.45, 2.75) is 11.8 Å². The number of rotatable bonds is 2. The topological polar surface area (TPSA) is 59.9 Å². The maximum atomic E-state index is 11.7. The normalized spacial score (nSPS) is 11.9. The van der Waals surface area contributed by atoms with E-state index in [9.17, 15) is 8.42 Å². The van der Waals surface area contributed by atoms with Crippen LogP contribution in [0.15, 0.2) is 29.4 Å². The van der Waals surface area contributed by atoms with Crippen LogP contribution < -0.4 is 0 Å². The van der Waals surface area contributed by atoms with E-state index in [0.717, 1.165) is 0 Å². The summed E-state index contributed by atoms with van der Waals surface area (Å²) >= 11 is 5.88. The molecule has 16 heavy (non-hydrogen) atoms. The molecule has 0 unspecified atom stereocenters. The summed E-state index contributed by atoms with van der Waals surface area (Å²) in [5.74, 6) is 0.0593. The molecule has 1 heterocycles. The fraction of sp³-hybridized carbons (Fsp3) is 0.200. The van der Waals surface area contributed by atoms with Gasteiger partial charge in [-0.2, -0.15) is 0 Å². The molecule has 0 aliphatic rings. The molecule has 0 N–H and O–H groups in total. The van der Waals surface area contributed by atoms with Crippen LogP contribution in [0.4, 0.5) is 0 Å². The third-order valence-corrected chi connectivity index (χ3v) is 4.33. The van der Waals surface area contributed by atoms with Gasteiger partial charge < -0.3 is 0 Å². The monoisotopic (exact) mass is 256 g/mol. The Bertz CT molecular complexity index is 640. The quantitative estimate of drug-likeness (QED) is 0.772. The highest BCUT2D eigenvalue weighted by atomic mass is 35.5. The third-order valence-electron chi connectivity index (χ3n) is 2.30. The number of hydrogen-bond acceptors (Lipinski definition) is 4. The Hall–Kier alpha value is -1.20. The van der Waals surface area contributed by atoms with Crippen LogP contribution in [0.25, 0.3) is 10.9 Å². The molecule has 0 saturated carbocycles. The average Bonchev–Trinajstić information content (AvgIpc) is 2.29. The van der Waals surface area contributed by atoms with Gasteiger partial charge in [0.1, 0.15) is 11.5 Å². The van der Waals surface area contributed by atoms with E-state index >= 15 is 0 Å². The van der Waals surface area contributed by atoms with Crippen LogP contribution in [0.3, 0.4) is 0 Å². The summed E-state index contributed by atoms with van der Waals surface area (Å²) < 4.78 is 23.3. The lowest BCUT2D eigenvalue weighted by molar-refractivity contribution is 0.597.